The molecule has 0 radical (unpaired) electrons. The molecule has 0 spiro atoms. The minimum Gasteiger partial charge on any atom is -0.394 e. The number of hydrogen-bond acceptors (Lipinski definition) is 3. The quantitative estimate of drug-likeness (QED) is 0.667. The van der Waals surface area contributed by atoms with Gasteiger partial charge in [0, 0.05) is 0 Å². The lowest BCUT2D eigenvalue weighted by Gasteiger charge is -2.13. The standard InChI is InChI=1S/C10H10F3NO3/c11-7-2-1-6(8(12)9(7)13)10(17)14-5(3-15)4-16/h1-2,5,15-16H,3-4H2,(H,14,17). The fraction of sp³-hybridized carbons (Fsp3) is 0.300. The second kappa shape index (κ2) is 5.65. The van der Waals surface area contributed by atoms with Crippen LogP contribution in [0.1, 0.15) is 10.4 Å². The van der Waals surface area contributed by atoms with Crippen molar-refractivity contribution < 1.29 is 28.2 Å². The largest absolute Gasteiger partial charge is 0.394 e. The molecule has 0 bridgehead atoms. The Balaban J connectivity index is 2.93. The van der Waals surface area contributed by atoms with Crippen molar-refractivity contribution in [2.45, 2.75) is 6.04 Å². The lowest BCUT2D eigenvalue weighted by Crippen LogP contribution is -2.40. The Morgan fingerprint density at radius 2 is 1.76 bits per heavy atom. The summed E-state index contributed by atoms with van der Waals surface area (Å²) in [4.78, 5) is 11.4. The summed E-state index contributed by atoms with van der Waals surface area (Å²) in [5.41, 5.74) is -0.698. The molecule has 0 aliphatic rings. The highest BCUT2D eigenvalue weighted by atomic mass is 19.2. The first kappa shape index (κ1) is 13.5. The van der Waals surface area contributed by atoms with Gasteiger partial charge in [-0.2, -0.15) is 0 Å². The van der Waals surface area contributed by atoms with Crippen LogP contribution in [0.15, 0.2) is 12.1 Å². The zero-order valence-electron chi connectivity index (χ0n) is 8.58. The van der Waals surface area contributed by atoms with E-state index in [1.54, 1.807) is 0 Å². The number of nitrogens with one attached hydrogen (secondary N) is 1. The molecule has 0 heterocycles. The van der Waals surface area contributed by atoms with Crippen LogP contribution in [0.4, 0.5) is 13.2 Å². The number of amides is 1. The number of rotatable bonds is 4. The lowest BCUT2D eigenvalue weighted by molar-refractivity contribution is 0.0874. The fourth-order valence-corrected chi connectivity index (χ4v) is 1.11. The molecule has 0 fully saturated rings. The van der Waals surface area contributed by atoms with Crippen molar-refractivity contribution in [2.75, 3.05) is 13.2 Å². The molecule has 0 aliphatic heterocycles. The van der Waals surface area contributed by atoms with Crippen molar-refractivity contribution in [3.63, 3.8) is 0 Å². The van der Waals surface area contributed by atoms with Crippen LogP contribution in [-0.2, 0) is 0 Å². The van der Waals surface area contributed by atoms with Gasteiger partial charge in [0.2, 0.25) is 0 Å². The van der Waals surface area contributed by atoms with Crippen molar-refractivity contribution in [1.82, 2.24) is 5.32 Å². The number of hydrogen-bond donors (Lipinski definition) is 3. The van der Waals surface area contributed by atoms with E-state index >= 15 is 0 Å². The van der Waals surface area contributed by atoms with E-state index in [2.05, 4.69) is 5.32 Å². The van der Waals surface area contributed by atoms with Crippen molar-refractivity contribution in [1.29, 1.82) is 0 Å². The average Bonchev–Trinajstić information content (AvgIpc) is 2.32. The summed E-state index contributed by atoms with van der Waals surface area (Å²) in [6.07, 6.45) is 0. The maximum atomic E-state index is 13.2. The van der Waals surface area contributed by atoms with Crippen molar-refractivity contribution >= 4 is 5.91 Å². The zero-order valence-corrected chi connectivity index (χ0v) is 8.58. The summed E-state index contributed by atoms with van der Waals surface area (Å²) in [6.45, 7) is -1.12. The van der Waals surface area contributed by atoms with E-state index in [4.69, 9.17) is 10.2 Å². The second-order valence-electron chi connectivity index (χ2n) is 3.26. The molecule has 17 heavy (non-hydrogen) atoms. The van der Waals surface area contributed by atoms with Crippen LogP contribution in [0, 0.1) is 17.5 Å². The van der Waals surface area contributed by atoms with Crippen molar-refractivity contribution in [3.8, 4) is 0 Å². The van der Waals surface area contributed by atoms with E-state index in [0.717, 1.165) is 6.07 Å². The molecular weight excluding hydrogens is 239 g/mol. The molecule has 0 saturated heterocycles. The highest BCUT2D eigenvalue weighted by Gasteiger charge is 2.20. The van der Waals surface area contributed by atoms with Crippen LogP contribution in [-0.4, -0.2) is 35.4 Å². The fourth-order valence-electron chi connectivity index (χ4n) is 1.11. The molecule has 0 unspecified atom stereocenters. The van der Waals surface area contributed by atoms with Crippen LogP contribution in [0.25, 0.3) is 0 Å². The van der Waals surface area contributed by atoms with E-state index < -0.39 is 48.2 Å². The summed E-state index contributed by atoms with van der Waals surface area (Å²) in [6, 6.07) is 0.393. The number of benzene rings is 1. The van der Waals surface area contributed by atoms with Gasteiger partial charge in [0.05, 0.1) is 24.8 Å². The number of carbonyl (C=O) groups is 1. The van der Waals surface area contributed by atoms with Crippen LogP contribution >= 0.6 is 0 Å². The van der Waals surface area contributed by atoms with E-state index in [9.17, 15) is 18.0 Å². The summed E-state index contributed by atoms with van der Waals surface area (Å²) in [5.74, 6) is -5.81. The summed E-state index contributed by atoms with van der Waals surface area (Å²) < 4.78 is 38.6. The Hall–Kier alpha value is -1.60. The molecule has 94 valence electrons. The lowest BCUT2D eigenvalue weighted by atomic mass is 10.1. The summed E-state index contributed by atoms with van der Waals surface area (Å²) >= 11 is 0. The van der Waals surface area contributed by atoms with Gasteiger partial charge in [0.25, 0.3) is 5.91 Å². The third-order valence-electron chi connectivity index (χ3n) is 2.06. The molecule has 4 nitrogen and oxygen atoms in total. The minimum absolute atomic E-state index is 0.562. The first-order valence-electron chi connectivity index (χ1n) is 4.67. The Kier molecular flexibility index (Phi) is 4.47. The maximum Gasteiger partial charge on any atom is 0.254 e. The molecule has 7 heteroatoms. The van der Waals surface area contributed by atoms with Gasteiger partial charge in [-0.1, -0.05) is 0 Å². The molecule has 0 aliphatic carbocycles. The molecule has 0 saturated carbocycles. The van der Waals surface area contributed by atoms with Gasteiger partial charge < -0.3 is 15.5 Å². The van der Waals surface area contributed by atoms with E-state index in [1.807, 2.05) is 0 Å². The zero-order chi connectivity index (χ0) is 13.0. The van der Waals surface area contributed by atoms with Gasteiger partial charge in [-0.05, 0) is 12.1 Å². The Bertz CT molecular complexity index is 422. The first-order chi connectivity index (χ1) is 8.01. The maximum absolute atomic E-state index is 13.2. The molecule has 1 aromatic carbocycles. The van der Waals surface area contributed by atoms with Gasteiger partial charge in [-0.3, -0.25) is 4.79 Å². The van der Waals surface area contributed by atoms with Gasteiger partial charge in [0.1, 0.15) is 0 Å². The normalized spacial score (nSPS) is 10.7. The Labute approximate surface area is 94.7 Å². The van der Waals surface area contributed by atoms with Gasteiger partial charge >= 0.3 is 0 Å². The molecular formula is C10H10F3NO3. The number of aliphatic hydroxyl groups excluding tert-OH is 2. The van der Waals surface area contributed by atoms with Crippen LogP contribution < -0.4 is 5.32 Å². The molecule has 1 aromatic rings. The molecule has 1 amide bonds. The Morgan fingerprint density at radius 3 is 2.29 bits per heavy atom. The average molecular weight is 249 g/mol. The molecule has 3 N–H and O–H groups in total. The molecule has 0 atom stereocenters. The highest BCUT2D eigenvalue weighted by molar-refractivity contribution is 5.94. The first-order valence-corrected chi connectivity index (χ1v) is 4.67. The monoisotopic (exact) mass is 249 g/mol. The second-order valence-corrected chi connectivity index (χ2v) is 3.26. The van der Waals surface area contributed by atoms with E-state index in [1.165, 1.54) is 0 Å². The minimum atomic E-state index is -1.75. The summed E-state index contributed by atoms with van der Waals surface area (Å²) in [7, 11) is 0. The molecule has 1 rings (SSSR count). The number of carbonyl (C=O) groups excluding carboxylic acids is 1. The van der Waals surface area contributed by atoms with Crippen molar-refractivity contribution in [2.24, 2.45) is 0 Å². The Morgan fingerprint density at radius 1 is 1.18 bits per heavy atom. The SMILES string of the molecule is O=C(NC(CO)CO)c1ccc(F)c(F)c1F. The van der Waals surface area contributed by atoms with Crippen LogP contribution in [0.5, 0.6) is 0 Å². The third kappa shape index (κ3) is 2.95. The highest BCUT2D eigenvalue weighted by Crippen LogP contribution is 2.15. The predicted molar refractivity (Wildman–Crippen MR) is 51.7 cm³/mol. The van der Waals surface area contributed by atoms with Gasteiger partial charge in [0.15, 0.2) is 17.5 Å². The van der Waals surface area contributed by atoms with Crippen LogP contribution in [0.3, 0.4) is 0 Å². The number of aliphatic hydroxyl groups is 2. The number of halogens is 3. The van der Waals surface area contributed by atoms with Gasteiger partial charge in [-0.25, -0.2) is 13.2 Å². The molecule has 0 aromatic heterocycles. The predicted octanol–water partition coefficient (Wildman–Crippen LogP) is 0.187. The third-order valence-corrected chi connectivity index (χ3v) is 2.06. The smallest absolute Gasteiger partial charge is 0.254 e. The topological polar surface area (TPSA) is 69.6 Å². The van der Waals surface area contributed by atoms with E-state index in [-0.39, 0.29) is 0 Å². The van der Waals surface area contributed by atoms with Crippen LogP contribution in [0.2, 0.25) is 0 Å². The van der Waals surface area contributed by atoms with Crippen molar-refractivity contribution in [3.05, 3.63) is 35.1 Å². The summed E-state index contributed by atoms with van der Waals surface area (Å²) in [5, 5.41) is 19.4. The van der Waals surface area contributed by atoms with E-state index in [0.29, 0.717) is 6.07 Å². The van der Waals surface area contributed by atoms with Gasteiger partial charge in [-0.15, -0.1) is 0 Å².